The van der Waals surface area contributed by atoms with Gasteiger partial charge >= 0.3 is 0 Å². The number of hydrogen-bond donors (Lipinski definition) is 1. The van der Waals surface area contributed by atoms with Crippen LogP contribution in [0.2, 0.25) is 0 Å². The van der Waals surface area contributed by atoms with Crippen LogP contribution in [0, 0.1) is 0 Å². The zero-order valence-electron chi connectivity index (χ0n) is 11.6. The van der Waals surface area contributed by atoms with Crippen LogP contribution in [0.5, 0.6) is 0 Å². The number of rotatable bonds is 3. The first-order chi connectivity index (χ1) is 8.83. The molecule has 0 aromatic heterocycles. The zero-order chi connectivity index (χ0) is 12.8. The van der Waals surface area contributed by atoms with Crippen molar-refractivity contribution in [2.24, 2.45) is 5.73 Å². The van der Waals surface area contributed by atoms with Crippen molar-refractivity contribution in [2.75, 3.05) is 18.0 Å². The minimum absolute atomic E-state index is 0.173. The molecule has 2 N–H and O–H groups in total. The third kappa shape index (κ3) is 3.26. The largest absolute Gasteiger partial charge is 0.371 e. The van der Waals surface area contributed by atoms with Crippen molar-refractivity contribution in [3.8, 4) is 0 Å². The van der Waals surface area contributed by atoms with Gasteiger partial charge < -0.3 is 10.6 Å². The van der Waals surface area contributed by atoms with Crippen LogP contribution in [-0.2, 0) is 0 Å². The van der Waals surface area contributed by atoms with Crippen molar-refractivity contribution in [3.05, 3.63) is 29.8 Å². The Hall–Kier alpha value is -1.02. The van der Waals surface area contributed by atoms with E-state index in [9.17, 15) is 0 Å². The number of anilines is 1. The van der Waals surface area contributed by atoms with Gasteiger partial charge in [0.2, 0.25) is 0 Å². The summed E-state index contributed by atoms with van der Waals surface area (Å²) in [6.07, 6.45) is 7.79. The molecule has 0 bridgehead atoms. The standard InChI is InChI=1S/C16H26N2/c1-2-15(17)14-10-6-7-11-16(14)18-12-8-4-3-5-9-13-18/h6-7,10-11,15H,2-5,8-9,12-13,17H2,1H3/t15-/m1/s1. The van der Waals surface area contributed by atoms with Crippen LogP contribution in [0.1, 0.15) is 57.1 Å². The van der Waals surface area contributed by atoms with Crippen LogP contribution < -0.4 is 10.6 Å². The van der Waals surface area contributed by atoms with Gasteiger partial charge in [-0.25, -0.2) is 0 Å². The zero-order valence-corrected chi connectivity index (χ0v) is 11.6. The van der Waals surface area contributed by atoms with E-state index in [1.807, 2.05) is 0 Å². The summed E-state index contributed by atoms with van der Waals surface area (Å²) < 4.78 is 0. The van der Waals surface area contributed by atoms with Crippen molar-refractivity contribution in [3.63, 3.8) is 0 Å². The van der Waals surface area contributed by atoms with Gasteiger partial charge in [-0.05, 0) is 30.9 Å². The van der Waals surface area contributed by atoms with Gasteiger partial charge in [0.1, 0.15) is 0 Å². The van der Waals surface area contributed by atoms with Crippen molar-refractivity contribution in [1.29, 1.82) is 0 Å². The number of benzene rings is 1. The molecule has 1 aromatic carbocycles. The Balaban J connectivity index is 2.19. The fourth-order valence-corrected chi connectivity index (χ4v) is 2.80. The van der Waals surface area contributed by atoms with Crippen LogP contribution in [0.15, 0.2) is 24.3 Å². The van der Waals surface area contributed by atoms with E-state index in [2.05, 4.69) is 36.1 Å². The van der Waals surface area contributed by atoms with Gasteiger partial charge in [0.25, 0.3) is 0 Å². The molecular formula is C16H26N2. The molecule has 1 aliphatic rings. The monoisotopic (exact) mass is 246 g/mol. The molecule has 0 spiro atoms. The highest BCUT2D eigenvalue weighted by atomic mass is 15.1. The van der Waals surface area contributed by atoms with Crippen LogP contribution >= 0.6 is 0 Å². The summed E-state index contributed by atoms with van der Waals surface area (Å²) in [5, 5.41) is 0. The number of nitrogens with zero attached hydrogens (tertiary/aromatic N) is 1. The molecule has 2 heteroatoms. The van der Waals surface area contributed by atoms with Crippen LogP contribution in [-0.4, -0.2) is 13.1 Å². The summed E-state index contributed by atoms with van der Waals surface area (Å²) in [7, 11) is 0. The summed E-state index contributed by atoms with van der Waals surface area (Å²) in [6, 6.07) is 8.86. The molecule has 1 aliphatic heterocycles. The topological polar surface area (TPSA) is 29.3 Å². The Kier molecular flexibility index (Phi) is 5.06. The van der Waals surface area contributed by atoms with Crippen LogP contribution in [0.3, 0.4) is 0 Å². The molecule has 1 aromatic rings. The number of para-hydroxylation sites is 1. The summed E-state index contributed by atoms with van der Waals surface area (Å²) in [5.41, 5.74) is 8.93. The lowest BCUT2D eigenvalue weighted by molar-refractivity contribution is 0.553. The van der Waals surface area contributed by atoms with Crippen LogP contribution in [0.4, 0.5) is 5.69 Å². The van der Waals surface area contributed by atoms with E-state index in [0.29, 0.717) is 0 Å². The summed E-state index contributed by atoms with van der Waals surface area (Å²) in [6.45, 7) is 4.54. The molecule has 0 radical (unpaired) electrons. The second kappa shape index (κ2) is 6.79. The quantitative estimate of drug-likeness (QED) is 0.877. The molecule has 0 saturated carbocycles. The molecule has 0 amide bonds. The molecule has 0 unspecified atom stereocenters. The highest BCUT2D eigenvalue weighted by molar-refractivity contribution is 5.55. The molecule has 0 aliphatic carbocycles. The molecule has 2 rings (SSSR count). The fraction of sp³-hybridized carbons (Fsp3) is 0.625. The minimum Gasteiger partial charge on any atom is -0.371 e. The smallest absolute Gasteiger partial charge is 0.0414 e. The van der Waals surface area contributed by atoms with Gasteiger partial charge in [-0.3, -0.25) is 0 Å². The molecule has 1 atom stereocenters. The van der Waals surface area contributed by atoms with Crippen LogP contribution in [0.25, 0.3) is 0 Å². The maximum Gasteiger partial charge on any atom is 0.0414 e. The number of nitrogens with two attached hydrogens (primary N) is 1. The Bertz CT molecular complexity index is 354. The first-order valence-corrected chi connectivity index (χ1v) is 7.42. The second-order valence-electron chi connectivity index (χ2n) is 5.33. The van der Waals surface area contributed by atoms with Gasteiger partial charge in [0.05, 0.1) is 0 Å². The van der Waals surface area contributed by atoms with E-state index in [4.69, 9.17) is 5.73 Å². The SMILES string of the molecule is CC[C@@H](N)c1ccccc1N1CCCCCCC1. The Morgan fingerprint density at radius 3 is 2.33 bits per heavy atom. The average Bonchev–Trinajstić information content (AvgIpc) is 2.38. The Labute approximate surface area is 111 Å². The van der Waals surface area contributed by atoms with Crippen molar-refractivity contribution >= 4 is 5.69 Å². The Morgan fingerprint density at radius 1 is 1.06 bits per heavy atom. The fourth-order valence-electron chi connectivity index (χ4n) is 2.80. The van der Waals surface area contributed by atoms with Crippen molar-refractivity contribution < 1.29 is 0 Å². The van der Waals surface area contributed by atoms with Crippen molar-refractivity contribution in [2.45, 2.75) is 51.5 Å². The lowest BCUT2D eigenvalue weighted by atomic mass is 10.0. The first kappa shape index (κ1) is 13.4. The van der Waals surface area contributed by atoms with Gasteiger partial charge in [0, 0.05) is 24.8 Å². The lowest BCUT2D eigenvalue weighted by Gasteiger charge is -2.30. The van der Waals surface area contributed by atoms with Crippen molar-refractivity contribution in [1.82, 2.24) is 0 Å². The van der Waals surface area contributed by atoms with E-state index in [1.165, 1.54) is 56.4 Å². The van der Waals surface area contributed by atoms with E-state index in [-0.39, 0.29) is 6.04 Å². The normalized spacial score (nSPS) is 19.1. The van der Waals surface area contributed by atoms with E-state index in [0.717, 1.165) is 6.42 Å². The lowest BCUT2D eigenvalue weighted by Crippen LogP contribution is -2.29. The molecule has 1 fully saturated rings. The highest BCUT2D eigenvalue weighted by Crippen LogP contribution is 2.28. The third-order valence-corrected chi connectivity index (χ3v) is 3.97. The van der Waals surface area contributed by atoms with Gasteiger partial charge in [-0.15, -0.1) is 0 Å². The summed E-state index contributed by atoms with van der Waals surface area (Å²) >= 11 is 0. The predicted molar refractivity (Wildman–Crippen MR) is 79.0 cm³/mol. The third-order valence-electron chi connectivity index (χ3n) is 3.97. The second-order valence-corrected chi connectivity index (χ2v) is 5.33. The Morgan fingerprint density at radius 2 is 1.67 bits per heavy atom. The molecule has 2 nitrogen and oxygen atoms in total. The maximum absolute atomic E-state index is 6.25. The minimum atomic E-state index is 0.173. The van der Waals surface area contributed by atoms with E-state index >= 15 is 0 Å². The molecule has 100 valence electrons. The molecule has 1 saturated heterocycles. The maximum atomic E-state index is 6.25. The van der Waals surface area contributed by atoms with Gasteiger partial charge in [-0.1, -0.05) is 44.4 Å². The average molecular weight is 246 g/mol. The van der Waals surface area contributed by atoms with Gasteiger partial charge in [0.15, 0.2) is 0 Å². The first-order valence-electron chi connectivity index (χ1n) is 7.42. The highest BCUT2D eigenvalue weighted by Gasteiger charge is 2.15. The summed E-state index contributed by atoms with van der Waals surface area (Å²) in [5.74, 6) is 0. The molecule has 18 heavy (non-hydrogen) atoms. The molecular weight excluding hydrogens is 220 g/mol. The van der Waals surface area contributed by atoms with E-state index < -0.39 is 0 Å². The molecule has 1 heterocycles. The summed E-state index contributed by atoms with van der Waals surface area (Å²) in [4.78, 5) is 2.55. The van der Waals surface area contributed by atoms with Gasteiger partial charge in [-0.2, -0.15) is 0 Å². The number of hydrogen-bond acceptors (Lipinski definition) is 2. The van der Waals surface area contributed by atoms with E-state index in [1.54, 1.807) is 0 Å². The predicted octanol–water partition coefficient (Wildman–Crippen LogP) is 3.87.